The molecule has 1 aromatic heterocycles. The first kappa shape index (κ1) is 12.4. The van der Waals surface area contributed by atoms with Crippen LogP contribution in [0.4, 0.5) is 0 Å². The van der Waals surface area contributed by atoms with Gasteiger partial charge in [0.05, 0.1) is 5.54 Å². The van der Waals surface area contributed by atoms with Crippen molar-refractivity contribution in [1.82, 2.24) is 14.8 Å². The molecule has 0 bridgehead atoms. The Labute approximate surface area is 113 Å². The Morgan fingerprint density at radius 1 is 1.05 bits per heavy atom. The minimum absolute atomic E-state index is 0.324. The zero-order chi connectivity index (χ0) is 13.3. The molecule has 100 valence electrons. The number of aromatic nitrogens is 3. The first-order valence-electron chi connectivity index (χ1n) is 6.97. The molecule has 2 aromatic rings. The second-order valence-electron chi connectivity index (χ2n) is 5.46. The van der Waals surface area contributed by atoms with Gasteiger partial charge in [0.1, 0.15) is 5.82 Å². The molecule has 0 radical (unpaired) electrons. The van der Waals surface area contributed by atoms with Gasteiger partial charge >= 0.3 is 0 Å². The monoisotopic (exact) mass is 256 g/mol. The van der Waals surface area contributed by atoms with Gasteiger partial charge in [-0.2, -0.15) is 0 Å². The second-order valence-corrected chi connectivity index (χ2v) is 5.46. The molecule has 0 saturated heterocycles. The molecular formula is C15H20N4. The summed E-state index contributed by atoms with van der Waals surface area (Å²) in [4.78, 5) is 0. The third-order valence-corrected chi connectivity index (χ3v) is 4.03. The number of hydrogen-bond acceptors (Lipinski definition) is 3. The van der Waals surface area contributed by atoms with Gasteiger partial charge in [-0.05, 0) is 31.9 Å². The van der Waals surface area contributed by atoms with Crippen LogP contribution in [0.15, 0.2) is 30.3 Å². The predicted molar refractivity (Wildman–Crippen MR) is 75.0 cm³/mol. The van der Waals surface area contributed by atoms with Gasteiger partial charge in [-0.1, -0.05) is 37.5 Å². The van der Waals surface area contributed by atoms with E-state index in [1.54, 1.807) is 0 Å². The molecule has 0 amide bonds. The van der Waals surface area contributed by atoms with Crippen molar-refractivity contribution in [2.24, 2.45) is 5.73 Å². The van der Waals surface area contributed by atoms with Crippen LogP contribution in [0.2, 0.25) is 0 Å². The smallest absolute Gasteiger partial charge is 0.157 e. The summed E-state index contributed by atoms with van der Waals surface area (Å²) in [5, 5.41) is 8.62. The number of benzene rings is 1. The molecule has 1 heterocycles. The van der Waals surface area contributed by atoms with Gasteiger partial charge in [0.15, 0.2) is 5.82 Å². The molecule has 4 heteroatoms. The fourth-order valence-corrected chi connectivity index (χ4v) is 2.98. The van der Waals surface area contributed by atoms with Crippen LogP contribution in [0.1, 0.15) is 43.8 Å². The van der Waals surface area contributed by atoms with Gasteiger partial charge < -0.3 is 5.73 Å². The minimum atomic E-state index is -0.324. The molecule has 2 N–H and O–H groups in total. The fraction of sp³-hybridized carbons (Fsp3) is 0.467. The Hall–Kier alpha value is -1.68. The maximum Gasteiger partial charge on any atom is 0.157 e. The van der Waals surface area contributed by atoms with E-state index in [2.05, 4.69) is 26.9 Å². The van der Waals surface area contributed by atoms with E-state index in [0.29, 0.717) is 0 Å². The van der Waals surface area contributed by atoms with Gasteiger partial charge in [-0.25, -0.2) is 0 Å². The number of para-hydroxylation sites is 1. The third-order valence-electron chi connectivity index (χ3n) is 4.03. The summed E-state index contributed by atoms with van der Waals surface area (Å²) in [7, 11) is 0. The van der Waals surface area contributed by atoms with E-state index in [-0.39, 0.29) is 5.54 Å². The molecule has 0 aliphatic heterocycles. The van der Waals surface area contributed by atoms with Crippen LogP contribution >= 0.6 is 0 Å². The van der Waals surface area contributed by atoms with E-state index >= 15 is 0 Å². The maximum atomic E-state index is 6.61. The third kappa shape index (κ3) is 2.16. The molecule has 0 spiro atoms. The first-order chi connectivity index (χ1) is 9.21. The van der Waals surface area contributed by atoms with Gasteiger partial charge in [-0.3, -0.25) is 4.57 Å². The summed E-state index contributed by atoms with van der Waals surface area (Å²) in [5.74, 6) is 1.81. The molecule has 19 heavy (non-hydrogen) atoms. The lowest BCUT2D eigenvalue weighted by Gasteiger charge is -2.32. The molecule has 1 aliphatic rings. The van der Waals surface area contributed by atoms with Crippen molar-refractivity contribution in [3.63, 3.8) is 0 Å². The highest BCUT2D eigenvalue weighted by Crippen LogP contribution is 2.34. The highest BCUT2D eigenvalue weighted by Gasteiger charge is 2.35. The zero-order valence-electron chi connectivity index (χ0n) is 11.3. The average Bonchev–Trinajstić information content (AvgIpc) is 2.83. The van der Waals surface area contributed by atoms with Crippen molar-refractivity contribution < 1.29 is 0 Å². The van der Waals surface area contributed by atoms with Gasteiger partial charge in [0, 0.05) is 5.69 Å². The number of nitrogens with zero attached hydrogens (tertiary/aromatic N) is 3. The Morgan fingerprint density at radius 2 is 1.74 bits per heavy atom. The SMILES string of the molecule is Cc1nnc(C2(N)CCCCC2)n1-c1ccccc1. The molecule has 1 aromatic carbocycles. The largest absolute Gasteiger partial charge is 0.319 e. The van der Waals surface area contributed by atoms with E-state index in [4.69, 9.17) is 5.73 Å². The van der Waals surface area contributed by atoms with Crippen molar-refractivity contribution in [1.29, 1.82) is 0 Å². The van der Waals surface area contributed by atoms with Gasteiger partial charge in [0.2, 0.25) is 0 Å². The first-order valence-corrected chi connectivity index (χ1v) is 6.97. The van der Waals surface area contributed by atoms with Crippen LogP contribution in [0, 0.1) is 6.92 Å². The Bertz CT molecular complexity index is 553. The summed E-state index contributed by atoms with van der Waals surface area (Å²) in [6.07, 6.45) is 5.63. The second kappa shape index (κ2) is 4.78. The van der Waals surface area contributed by atoms with Crippen LogP contribution in [-0.2, 0) is 5.54 Å². The molecule has 0 atom stereocenters. The van der Waals surface area contributed by atoms with Crippen LogP contribution in [0.25, 0.3) is 5.69 Å². The Balaban J connectivity index is 2.08. The van der Waals surface area contributed by atoms with E-state index in [9.17, 15) is 0 Å². The Morgan fingerprint density at radius 3 is 2.42 bits per heavy atom. The number of rotatable bonds is 2. The topological polar surface area (TPSA) is 56.7 Å². The summed E-state index contributed by atoms with van der Waals surface area (Å²) in [6, 6.07) is 10.2. The van der Waals surface area contributed by atoms with E-state index in [0.717, 1.165) is 30.2 Å². The normalized spacial score (nSPS) is 18.4. The van der Waals surface area contributed by atoms with Crippen molar-refractivity contribution in [2.75, 3.05) is 0 Å². The van der Waals surface area contributed by atoms with Crippen LogP contribution in [0.5, 0.6) is 0 Å². The van der Waals surface area contributed by atoms with Crippen LogP contribution in [0.3, 0.4) is 0 Å². The van der Waals surface area contributed by atoms with Crippen LogP contribution < -0.4 is 5.73 Å². The summed E-state index contributed by atoms with van der Waals surface area (Å²) in [6.45, 7) is 1.98. The molecule has 1 fully saturated rings. The zero-order valence-corrected chi connectivity index (χ0v) is 11.3. The Kier molecular flexibility index (Phi) is 3.11. The molecule has 3 rings (SSSR count). The van der Waals surface area contributed by atoms with E-state index < -0.39 is 0 Å². The van der Waals surface area contributed by atoms with E-state index in [1.165, 1.54) is 19.3 Å². The van der Waals surface area contributed by atoms with Crippen molar-refractivity contribution in [3.05, 3.63) is 42.0 Å². The molecular weight excluding hydrogens is 236 g/mol. The van der Waals surface area contributed by atoms with Gasteiger partial charge in [-0.15, -0.1) is 10.2 Å². The van der Waals surface area contributed by atoms with Crippen LogP contribution in [-0.4, -0.2) is 14.8 Å². The standard InChI is InChI=1S/C15H20N4/c1-12-17-18-14(15(16)10-6-3-7-11-15)19(12)13-8-4-2-5-9-13/h2,4-5,8-9H,3,6-7,10-11,16H2,1H3. The quantitative estimate of drug-likeness (QED) is 0.898. The van der Waals surface area contributed by atoms with Crippen molar-refractivity contribution >= 4 is 0 Å². The number of aryl methyl sites for hydroxylation is 1. The molecule has 1 saturated carbocycles. The lowest BCUT2D eigenvalue weighted by atomic mass is 9.82. The highest BCUT2D eigenvalue weighted by atomic mass is 15.3. The molecule has 4 nitrogen and oxygen atoms in total. The lowest BCUT2D eigenvalue weighted by Crippen LogP contribution is -2.41. The average molecular weight is 256 g/mol. The maximum absolute atomic E-state index is 6.61. The minimum Gasteiger partial charge on any atom is -0.319 e. The predicted octanol–water partition coefficient (Wildman–Crippen LogP) is 2.69. The number of nitrogens with two attached hydrogens (primary N) is 1. The van der Waals surface area contributed by atoms with Crippen molar-refractivity contribution in [2.45, 2.75) is 44.6 Å². The van der Waals surface area contributed by atoms with E-state index in [1.807, 2.05) is 25.1 Å². The molecule has 0 unspecified atom stereocenters. The highest BCUT2D eigenvalue weighted by molar-refractivity contribution is 5.35. The summed E-state index contributed by atoms with van der Waals surface area (Å²) < 4.78 is 2.10. The van der Waals surface area contributed by atoms with Gasteiger partial charge in [0.25, 0.3) is 0 Å². The number of hydrogen-bond donors (Lipinski definition) is 1. The summed E-state index contributed by atoms with van der Waals surface area (Å²) >= 11 is 0. The lowest BCUT2D eigenvalue weighted by molar-refractivity contribution is 0.283. The molecule has 1 aliphatic carbocycles. The fourth-order valence-electron chi connectivity index (χ4n) is 2.98. The summed E-state index contributed by atoms with van der Waals surface area (Å²) in [5.41, 5.74) is 7.38. The van der Waals surface area contributed by atoms with Crippen molar-refractivity contribution in [3.8, 4) is 5.69 Å².